The van der Waals surface area contributed by atoms with E-state index in [-0.39, 0.29) is 0 Å². The van der Waals surface area contributed by atoms with Crippen molar-refractivity contribution in [2.24, 2.45) is 5.41 Å². The number of hydrogen-bond donors (Lipinski definition) is 0. The lowest BCUT2D eigenvalue weighted by Gasteiger charge is -2.30. The summed E-state index contributed by atoms with van der Waals surface area (Å²) in [5.74, 6) is 0. The Morgan fingerprint density at radius 1 is 0.647 bits per heavy atom. The molecule has 0 aromatic rings. The van der Waals surface area contributed by atoms with Gasteiger partial charge in [-0.15, -0.1) is 0 Å². The van der Waals surface area contributed by atoms with E-state index in [0.29, 0.717) is 5.41 Å². The van der Waals surface area contributed by atoms with Crippen molar-refractivity contribution in [2.75, 3.05) is 5.33 Å². The van der Waals surface area contributed by atoms with E-state index in [9.17, 15) is 0 Å². The zero-order valence-electron chi connectivity index (χ0n) is 12.4. The number of rotatable bonds is 12. The standard InChI is InChI=1S/C16H33Br/c1-4-16(5-2,6-3)14-12-10-8-7-9-11-13-15-17/h4-15H2,1-3H3. The van der Waals surface area contributed by atoms with Gasteiger partial charge < -0.3 is 0 Å². The van der Waals surface area contributed by atoms with Crippen LogP contribution in [0.1, 0.15) is 91.4 Å². The van der Waals surface area contributed by atoms with Crippen molar-refractivity contribution in [3.63, 3.8) is 0 Å². The molecule has 0 amide bonds. The normalized spacial score (nSPS) is 12.0. The summed E-state index contributed by atoms with van der Waals surface area (Å²) in [6.07, 6.45) is 15.6. The minimum absolute atomic E-state index is 0.663. The summed E-state index contributed by atoms with van der Waals surface area (Å²) in [6.45, 7) is 7.10. The van der Waals surface area contributed by atoms with Gasteiger partial charge in [0.15, 0.2) is 0 Å². The molecule has 1 heteroatoms. The smallest absolute Gasteiger partial charge is 0.00313 e. The molecular formula is C16H33Br. The SMILES string of the molecule is CCC(CC)(CC)CCCCCCCCCBr. The second-order valence-corrected chi connectivity index (χ2v) is 6.27. The molecule has 0 aromatic carbocycles. The van der Waals surface area contributed by atoms with E-state index >= 15 is 0 Å². The molecule has 104 valence electrons. The molecule has 0 N–H and O–H groups in total. The molecule has 17 heavy (non-hydrogen) atoms. The van der Waals surface area contributed by atoms with Crippen molar-refractivity contribution >= 4 is 15.9 Å². The van der Waals surface area contributed by atoms with Gasteiger partial charge >= 0.3 is 0 Å². The lowest BCUT2D eigenvalue weighted by atomic mass is 9.75. The molecule has 0 saturated heterocycles. The van der Waals surface area contributed by atoms with Gasteiger partial charge in [0.05, 0.1) is 0 Å². The van der Waals surface area contributed by atoms with Crippen LogP contribution in [-0.2, 0) is 0 Å². The Morgan fingerprint density at radius 2 is 1.06 bits per heavy atom. The van der Waals surface area contributed by atoms with Crippen molar-refractivity contribution in [1.82, 2.24) is 0 Å². The zero-order chi connectivity index (χ0) is 13.0. The van der Waals surface area contributed by atoms with Crippen LogP contribution in [0.2, 0.25) is 0 Å². The molecule has 0 bridgehead atoms. The van der Waals surface area contributed by atoms with Crippen molar-refractivity contribution in [2.45, 2.75) is 91.4 Å². The molecule has 0 unspecified atom stereocenters. The summed E-state index contributed by atoms with van der Waals surface area (Å²) >= 11 is 3.49. The fourth-order valence-corrected chi connectivity index (χ4v) is 3.16. The predicted molar refractivity (Wildman–Crippen MR) is 84.0 cm³/mol. The monoisotopic (exact) mass is 304 g/mol. The van der Waals surface area contributed by atoms with Gasteiger partial charge in [0.25, 0.3) is 0 Å². The van der Waals surface area contributed by atoms with Crippen LogP contribution < -0.4 is 0 Å². The first-order valence-electron chi connectivity index (χ1n) is 7.80. The van der Waals surface area contributed by atoms with Gasteiger partial charge in [-0.1, -0.05) is 94.5 Å². The fraction of sp³-hybridized carbons (Fsp3) is 1.00. The van der Waals surface area contributed by atoms with E-state index in [1.807, 2.05) is 0 Å². The lowest BCUT2D eigenvalue weighted by molar-refractivity contribution is 0.220. The Bertz CT molecular complexity index is 141. The molecule has 0 aliphatic carbocycles. The first-order chi connectivity index (χ1) is 8.24. The maximum Gasteiger partial charge on any atom is 0.00313 e. The van der Waals surface area contributed by atoms with Crippen LogP contribution in [-0.4, -0.2) is 5.33 Å². The predicted octanol–water partition coefficient (Wildman–Crippen LogP) is 6.72. The number of alkyl halides is 1. The largest absolute Gasteiger partial charge is 0.0928 e. The maximum atomic E-state index is 3.49. The Labute approximate surface area is 118 Å². The molecule has 0 rings (SSSR count). The lowest BCUT2D eigenvalue weighted by Crippen LogP contribution is -2.17. The first kappa shape index (κ1) is 17.5. The van der Waals surface area contributed by atoms with Crippen LogP contribution in [0.25, 0.3) is 0 Å². The number of unbranched alkanes of at least 4 members (excludes halogenated alkanes) is 6. The average Bonchev–Trinajstić information content (AvgIpc) is 2.38. The Morgan fingerprint density at radius 3 is 1.47 bits per heavy atom. The molecule has 0 fully saturated rings. The molecule has 0 aliphatic heterocycles. The van der Waals surface area contributed by atoms with E-state index in [2.05, 4.69) is 36.7 Å². The second kappa shape index (κ2) is 11.6. The third-order valence-electron chi connectivity index (χ3n) is 4.59. The summed E-state index contributed by atoms with van der Waals surface area (Å²) in [7, 11) is 0. The van der Waals surface area contributed by atoms with Crippen LogP contribution in [0.4, 0.5) is 0 Å². The average molecular weight is 305 g/mol. The van der Waals surface area contributed by atoms with Crippen molar-refractivity contribution in [1.29, 1.82) is 0 Å². The summed E-state index contributed by atoms with van der Waals surface area (Å²) in [6, 6.07) is 0. The molecule has 0 nitrogen and oxygen atoms in total. The van der Waals surface area contributed by atoms with Gasteiger partial charge in [-0.05, 0) is 18.3 Å². The van der Waals surface area contributed by atoms with Crippen LogP contribution in [0.15, 0.2) is 0 Å². The van der Waals surface area contributed by atoms with E-state index in [4.69, 9.17) is 0 Å². The third-order valence-corrected chi connectivity index (χ3v) is 5.15. The minimum Gasteiger partial charge on any atom is -0.0928 e. The molecule has 0 aliphatic rings. The number of halogens is 1. The van der Waals surface area contributed by atoms with Crippen LogP contribution in [0.5, 0.6) is 0 Å². The van der Waals surface area contributed by atoms with Gasteiger partial charge in [0.2, 0.25) is 0 Å². The highest BCUT2D eigenvalue weighted by molar-refractivity contribution is 9.09. The van der Waals surface area contributed by atoms with Gasteiger partial charge in [0, 0.05) is 5.33 Å². The van der Waals surface area contributed by atoms with Gasteiger partial charge in [-0.2, -0.15) is 0 Å². The quantitative estimate of drug-likeness (QED) is 0.277. The molecule has 0 spiro atoms. The fourth-order valence-electron chi connectivity index (χ4n) is 2.76. The summed E-state index contributed by atoms with van der Waals surface area (Å²) in [4.78, 5) is 0. The Balaban J connectivity index is 3.43. The van der Waals surface area contributed by atoms with Crippen molar-refractivity contribution < 1.29 is 0 Å². The first-order valence-corrected chi connectivity index (χ1v) is 8.92. The van der Waals surface area contributed by atoms with Gasteiger partial charge in [-0.25, -0.2) is 0 Å². The molecule has 0 atom stereocenters. The molecule has 0 radical (unpaired) electrons. The Kier molecular flexibility index (Phi) is 11.9. The Hall–Kier alpha value is 0.480. The maximum absolute atomic E-state index is 3.49. The number of hydrogen-bond acceptors (Lipinski definition) is 0. The zero-order valence-corrected chi connectivity index (χ0v) is 13.9. The highest BCUT2D eigenvalue weighted by Gasteiger charge is 2.22. The van der Waals surface area contributed by atoms with Gasteiger partial charge in [-0.3, -0.25) is 0 Å². The van der Waals surface area contributed by atoms with E-state index < -0.39 is 0 Å². The van der Waals surface area contributed by atoms with Crippen molar-refractivity contribution in [3.8, 4) is 0 Å². The molecular weight excluding hydrogens is 272 g/mol. The van der Waals surface area contributed by atoms with E-state index in [1.165, 1.54) is 76.0 Å². The topological polar surface area (TPSA) is 0 Å². The molecule has 0 heterocycles. The summed E-state index contributed by atoms with van der Waals surface area (Å²) in [5.41, 5.74) is 0.663. The van der Waals surface area contributed by atoms with Crippen LogP contribution in [0, 0.1) is 5.41 Å². The highest BCUT2D eigenvalue weighted by atomic mass is 79.9. The molecule has 0 saturated carbocycles. The van der Waals surface area contributed by atoms with Crippen molar-refractivity contribution in [3.05, 3.63) is 0 Å². The molecule has 0 aromatic heterocycles. The van der Waals surface area contributed by atoms with Crippen LogP contribution in [0.3, 0.4) is 0 Å². The van der Waals surface area contributed by atoms with Gasteiger partial charge in [0.1, 0.15) is 0 Å². The summed E-state index contributed by atoms with van der Waals surface area (Å²) in [5, 5.41) is 1.18. The van der Waals surface area contributed by atoms with E-state index in [0.717, 1.165) is 0 Å². The minimum atomic E-state index is 0.663. The third kappa shape index (κ3) is 8.24. The second-order valence-electron chi connectivity index (χ2n) is 5.47. The summed E-state index contributed by atoms with van der Waals surface area (Å²) < 4.78 is 0. The van der Waals surface area contributed by atoms with E-state index in [1.54, 1.807) is 0 Å². The highest BCUT2D eigenvalue weighted by Crippen LogP contribution is 2.36. The van der Waals surface area contributed by atoms with Crippen LogP contribution >= 0.6 is 15.9 Å².